The fourth-order valence-electron chi connectivity index (χ4n) is 3.46. The van der Waals surface area contributed by atoms with Crippen molar-refractivity contribution in [2.75, 3.05) is 19.6 Å². The second kappa shape index (κ2) is 6.97. The van der Waals surface area contributed by atoms with Gasteiger partial charge in [0, 0.05) is 19.1 Å². The Morgan fingerprint density at radius 1 is 1.14 bits per heavy atom. The molecule has 0 saturated carbocycles. The number of para-hydroxylation sites is 2. The third kappa shape index (κ3) is 3.51. The number of H-pyrrole nitrogens is 1. The van der Waals surface area contributed by atoms with Crippen LogP contribution in [-0.2, 0) is 6.54 Å². The van der Waals surface area contributed by atoms with Gasteiger partial charge in [-0.3, -0.25) is 4.90 Å². The molecule has 21 heavy (non-hydrogen) atoms. The molecule has 2 N–H and O–H groups in total. The number of hydrogen-bond donors (Lipinski definition) is 2. The van der Waals surface area contributed by atoms with Gasteiger partial charge in [0.05, 0.1) is 17.6 Å². The Kier molecular flexibility index (Phi) is 5.49. The van der Waals surface area contributed by atoms with Gasteiger partial charge in [-0.15, -0.1) is 24.8 Å². The van der Waals surface area contributed by atoms with Gasteiger partial charge in [0.25, 0.3) is 0 Å². The Morgan fingerprint density at radius 3 is 2.76 bits per heavy atom. The van der Waals surface area contributed by atoms with E-state index in [1.54, 1.807) is 0 Å². The van der Waals surface area contributed by atoms with Crippen molar-refractivity contribution in [2.45, 2.75) is 25.4 Å². The van der Waals surface area contributed by atoms with Crippen LogP contribution in [0.5, 0.6) is 0 Å². The molecule has 2 aromatic rings. The van der Waals surface area contributed by atoms with E-state index < -0.39 is 0 Å². The molecule has 0 aliphatic carbocycles. The summed E-state index contributed by atoms with van der Waals surface area (Å²) in [7, 11) is 0. The maximum atomic E-state index is 4.69. The molecule has 0 unspecified atom stereocenters. The number of benzene rings is 1. The van der Waals surface area contributed by atoms with Crippen molar-refractivity contribution in [1.82, 2.24) is 20.2 Å². The SMILES string of the molecule is Cl.Cl.c1ccc2[nH]c(CN3C[C@H]4CC[C@@H](C3)NC4)nc2c1. The molecule has 0 spiro atoms. The second-order valence-electron chi connectivity index (χ2n) is 5.94. The Morgan fingerprint density at radius 2 is 2.00 bits per heavy atom. The van der Waals surface area contributed by atoms with Gasteiger partial charge in [-0.25, -0.2) is 4.98 Å². The van der Waals surface area contributed by atoms with E-state index in [0.29, 0.717) is 6.04 Å². The molecule has 5 rings (SSSR count). The highest BCUT2D eigenvalue weighted by Gasteiger charge is 2.29. The number of halogens is 2. The van der Waals surface area contributed by atoms with Gasteiger partial charge < -0.3 is 10.3 Å². The number of nitrogens with one attached hydrogen (secondary N) is 2. The van der Waals surface area contributed by atoms with Crippen molar-refractivity contribution >= 4 is 35.8 Å². The Bertz CT molecular complexity index is 531. The van der Waals surface area contributed by atoms with E-state index in [2.05, 4.69) is 33.4 Å². The van der Waals surface area contributed by atoms with Crippen molar-refractivity contribution in [3.8, 4) is 0 Å². The van der Waals surface area contributed by atoms with Gasteiger partial charge in [0.1, 0.15) is 5.82 Å². The molecule has 6 heteroatoms. The van der Waals surface area contributed by atoms with Crippen LogP contribution in [0.3, 0.4) is 0 Å². The predicted molar refractivity (Wildman–Crippen MR) is 90.4 cm³/mol. The molecule has 0 radical (unpaired) electrons. The molecule has 2 atom stereocenters. The van der Waals surface area contributed by atoms with Crippen LogP contribution in [0.1, 0.15) is 18.7 Å². The van der Waals surface area contributed by atoms with Crippen LogP contribution in [0, 0.1) is 5.92 Å². The van der Waals surface area contributed by atoms with Crippen molar-refractivity contribution in [2.24, 2.45) is 5.92 Å². The molecule has 0 amide bonds. The molecule has 3 aliphatic rings. The standard InChI is InChI=1S/C15H20N4.2ClH/c1-2-4-14-13(3-1)17-15(18-14)10-19-8-11-5-6-12(9-19)16-7-11;;/h1-4,11-12,16H,5-10H2,(H,17,18);2*1H/t11-,12-;;/m0../s1. The highest BCUT2D eigenvalue weighted by Crippen LogP contribution is 2.22. The predicted octanol–water partition coefficient (Wildman–Crippen LogP) is 2.59. The molecule has 116 valence electrons. The second-order valence-corrected chi connectivity index (χ2v) is 5.94. The fraction of sp³-hybridized carbons (Fsp3) is 0.533. The summed E-state index contributed by atoms with van der Waals surface area (Å²) in [6.45, 7) is 4.51. The van der Waals surface area contributed by atoms with E-state index in [1.807, 2.05) is 6.07 Å². The Balaban J connectivity index is 0.000000807. The summed E-state index contributed by atoms with van der Waals surface area (Å²) < 4.78 is 0. The summed E-state index contributed by atoms with van der Waals surface area (Å²) in [5, 5.41) is 3.65. The van der Waals surface area contributed by atoms with Gasteiger partial charge in [-0.1, -0.05) is 12.1 Å². The largest absolute Gasteiger partial charge is 0.341 e. The zero-order valence-corrected chi connectivity index (χ0v) is 13.6. The van der Waals surface area contributed by atoms with Gasteiger partial charge in [-0.2, -0.15) is 0 Å². The van der Waals surface area contributed by atoms with E-state index in [1.165, 1.54) is 25.9 Å². The summed E-state index contributed by atoms with van der Waals surface area (Å²) in [4.78, 5) is 10.7. The Labute approximate surface area is 137 Å². The van der Waals surface area contributed by atoms with Gasteiger partial charge in [-0.05, 0) is 37.4 Å². The van der Waals surface area contributed by atoms with Crippen LogP contribution in [-0.4, -0.2) is 40.5 Å². The van der Waals surface area contributed by atoms with Crippen molar-refractivity contribution in [1.29, 1.82) is 0 Å². The van der Waals surface area contributed by atoms with Crippen LogP contribution >= 0.6 is 24.8 Å². The topological polar surface area (TPSA) is 44.0 Å². The lowest BCUT2D eigenvalue weighted by Gasteiger charge is -2.23. The van der Waals surface area contributed by atoms with E-state index >= 15 is 0 Å². The zero-order valence-electron chi connectivity index (χ0n) is 11.9. The number of imidazole rings is 1. The normalized spacial score (nSPS) is 25.1. The van der Waals surface area contributed by atoms with Crippen LogP contribution < -0.4 is 5.32 Å². The first kappa shape index (κ1) is 16.6. The van der Waals surface area contributed by atoms with Crippen LogP contribution in [0.15, 0.2) is 24.3 Å². The van der Waals surface area contributed by atoms with Crippen molar-refractivity contribution in [3.63, 3.8) is 0 Å². The summed E-state index contributed by atoms with van der Waals surface area (Å²) in [6, 6.07) is 8.95. The number of aromatic nitrogens is 2. The molecule has 3 fully saturated rings. The highest BCUT2D eigenvalue weighted by molar-refractivity contribution is 5.85. The first-order chi connectivity index (χ1) is 9.37. The van der Waals surface area contributed by atoms with E-state index in [-0.39, 0.29) is 24.8 Å². The third-order valence-electron chi connectivity index (χ3n) is 4.43. The minimum atomic E-state index is 0. The molecule has 3 aliphatic heterocycles. The number of nitrogens with zero attached hydrogens (tertiary/aromatic N) is 2. The van der Waals surface area contributed by atoms with E-state index in [0.717, 1.165) is 35.9 Å². The minimum Gasteiger partial charge on any atom is -0.341 e. The van der Waals surface area contributed by atoms with Crippen LogP contribution in [0.25, 0.3) is 11.0 Å². The van der Waals surface area contributed by atoms with Crippen molar-refractivity contribution < 1.29 is 0 Å². The summed E-state index contributed by atoms with van der Waals surface area (Å²) in [6.07, 6.45) is 2.72. The summed E-state index contributed by atoms with van der Waals surface area (Å²) in [5.74, 6) is 1.92. The average Bonchev–Trinajstić information content (AvgIpc) is 2.60. The monoisotopic (exact) mass is 328 g/mol. The average molecular weight is 329 g/mol. The molecule has 4 nitrogen and oxygen atoms in total. The fourth-order valence-corrected chi connectivity index (χ4v) is 3.46. The maximum Gasteiger partial charge on any atom is 0.121 e. The number of hydrogen-bond acceptors (Lipinski definition) is 3. The van der Waals surface area contributed by atoms with Gasteiger partial charge >= 0.3 is 0 Å². The third-order valence-corrected chi connectivity index (χ3v) is 4.43. The molecule has 1 aromatic heterocycles. The first-order valence-electron chi connectivity index (χ1n) is 7.26. The summed E-state index contributed by atoms with van der Waals surface area (Å²) in [5.41, 5.74) is 2.22. The number of piperidine rings is 1. The lowest BCUT2D eigenvalue weighted by molar-refractivity contribution is 0.251. The lowest BCUT2D eigenvalue weighted by atomic mass is 9.97. The number of fused-ring (bicyclic) bond motifs is 5. The minimum absolute atomic E-state index is 0. The lowest BCUT2D eigenvalue weighted by Crippen LogP contribution is -2.39. The Hall–Kier alpha value is -0.810. The van der Waals surface area contributed by atoms with Gasteiger partial charge in [0.15, 0.2) is 0 Å². The van der Waals surface area contributed by atoms with Crippen LogP contribution in [0.4, 0.5) is 0 Å². The first-order valence-corrected chi connectivity index (χ1v) is 7.26. The molecule has 1 aromatic carbocycles. The number of aromatic amines is 1. The van der Waals surface area contributed by atoms with Crippen molar-refractivity contribution in [3.05, 3.63) is 30.1 Å². The molecule has 3 saturated heterocycles. The maximum absolute atomic E-state index is 4.69. The van der Waals surface area contributed by atoms with Crippen LogP contribution in [0.2, 0.25) is 0 Å². The summed E-state index contributed by atoms with van der Waals surface area (Å²) >= 11 is 0. The van der Waals surface area contributed by atoms with E-state index in [9.17, 15) is 0 Å². The smallest absolute Gasteiger partial charge is 0.121 e. The number of rotatable bonds is 2. The quantitative estimate of drug-likeness (QED) is 0.890. The molecule has 2 bridgehead atoms. The molecular formula is C15H22Cl2N4. The highest BCUT2D eigenvalue weighted by atomic mass is 35.5. The zero-order chi connectivity index (χ0) is 12.7. The van der Waals surface area contributed by atoms with Gasteiger partial charge in [0.2, 0.25) is 0 Å². The molecular weight excluding hydrogens is 307 g/mol. The molecule has 4 heterocycles. The van der Waals surface area contributed by atoms with E-state index in [4.69, 9.17) is 4.98 Å².